The van der Waals surface area contributed by atoms with E-state index in [1.807, 2.05) is 0 Å². The first kappa shape index (κ1) is 17.5. The zero-order valence-electron chi connectivity index (χ0n) is 14.1. The largest absolute Gasteiger partial charge is 0.378 e. The average molecular weight is 349 g/mol. The standard InChI is InChI=1S/C18H21F2N3O2/c1-12-10-21-23(11-13-9-14(19)4-6-16(13)20)18(12)22-17(24)7-5-15-3-2-8-25-15/h4,6,9-10,15H,2-3,5,7-8,11H2,1H3,(H,22,24). The molecule has 2 aromatic rings. The summed E-state index contributed by atoms with van der Waals surface area (Å²) in [7, 11) is 0. The van der Waals surface area contributed by atoms with Crippen molar-refractivity contribution in [1.82, 2.24) is 9.78 Å². The molecule has 1 N–H and O–H groups in total. The van der Waals surface area contributed by atoms with Crippen molar-refractivity contribution in [3.63, 3.8) is 0 Å². The predicted molar refractivity (Wildman–Crippen MR) is 89.3 cm³/mol. The van der Waals surface area contributed by atoms with E-state index in [-0.39, 0.29) is 24.1 Å². The van der Waals surface area contributed by atoms with Crippen LogP contribution in [-0.4, -0.2) is 28.4 Å². The third-order valence-corrected chi connectivity index (χ3v) is 4.33. The molecule has 0 aliphatic carbocycles. The first-order valence-electron chi connectivity index (χ1n) is 8.40. The summed E-state index contributed by atoms with van der Waals surface area (Å²) in [6.07, 6.45) is 4.80. The van der Waals surface area contributed by atoms with Crippen molar-refractivity contribution in [2.45, 2.75) is 45.3 Å². The minimum atomic E-state index is -0.512. The van der Waals surface area contributed by atoms with Gasteiger partial charge in [0.2, 0.25) is 5.91 Å². The number of halogens is 2. The molecule has 5 nitrogen and oxygen atoms in total. The number of aromatic nitrogens is 2. The molecule has 1 atom stereocenters. The van der Waals surface area contributed by atoms with Gasteiger partial charge in [-0.15, -0.1) is 0 Å². The lowest BCUT2D eigenvalue weighted by Gasteiger charge is -2.12. The van der Waals surface area contributed by atoms with E-state index < -0.39 is 11.6 Å². The molecular weight excluding hydrogens is 328 g/mol. The number of anilines is 1. The number of nitrogens with one attached hydrogen (secondary N) is 1. The number of carbonyl (C=O) groups excluding carboxylic acids is 1. The quantitative estimate of drug-likeness (QED) is 0.869. The summed E-state index contributed by atoms with van der Waals surface area (Å²) < 4.78 is 34.2. The van der Waals surface area contributed by atoms with Gasteiger partial charge in [0.1, 0.15) is 17.5 Å². The van der Waals surface area contributed by atoms with Gasteiger partial charge in [0.25, 0.3) is 0 Å². The minimum absolute atomic E-state index is 0.0405. The van der Waals surface area contributed by atoms with Gasteiger partial charge in [-0.05, 0) is 44.4 Å². The van der Waals surface area contributed by atoms with Crippen molar-refractivity contribution in [3.8, 4) is 0 Å². The van der Waals surface area contributed by atoms with Crippen LogP contribution in [0.25, 0.3) is 0 Å². The van der Waals surface area contributed by atoms with E-state index >= 15 is 0 Å². The molecule has 7 heteroatoms. The lowest BCUT2D eigenvalue weighted by Crippen LogP contribution is -2.19. The van der Waals surface area contributed by atoms with E-state index in [0.29, 0.717) is 18.7 Å². The van der Waals surface area contributed by atoms with Crippen molar-refractivity contribution in [1.29, 1.82) is 0 Å². The molecule has 1 fully saturated rings. The Morgan fingerprint density at radius 3 is 3.04 bits per heavy atom. The Morgan fingerprint density at radius 2 is 2.28 bits per heavy atom. The highest BCUT2D eigenvalue weighted by molar-refractivity contribution is 5.90. The molecule has 1 unspecified atom stereocenters. The topological polar surface area (TPSA) is 56.2 Å². The summed E-state index contributed by atoms with van der Waals surface area (Å²) in [5.41, 5.74) is 0.945. The number of rotatable bonds is 6. The summed E-state index contributed by atoms with van der Waals surface area (Å²) in [6.45, 7) is 2.61. The van der Waals surface area contributed by atoms with Crippen molar-refractivity contribution < 1.29 is 18.3 Å². The summed E-state index contributed by atoms with van der Waals surface area (Å²) in [6, 6.07) is 3.29. The fraction of sp³-hybridized carbons (Fsp3) is 0.444. The molecule has 1 aromatic carbocycles. The van der Waals surface area contributed by atoms with Crippen LogP contribution in [0, 0.1) is 18.6 Å². The van der Waals surface area contributed by atoms with Crippen LogP contribution >= 0.6 is 0 Å². The third kappa shape index (κ3) is 4.42. The van der Waals surface area contributed by atoms with Crippen molar-refractivity contribution in [2.75, 3.05) is 11.9 Å². The van der Waals surface area contributed by atoms with E-state index in [4.69, 9.17) is 4.74 Å². The first-order chi connectivity index (χ1) is 12.0. The number of nitrogens with zero attached hydrogens (tertiary/aromatic N) is 2. The normalized spacial score (nSPS) is 17.0. The van der Waals surface area contributed by atoms with Gasteiger partial charge in [0, 0.05) is 24.2 Å². The van der Waals surface area contributed by atoms with Gasteiger partial charge in [-0.25, -0.2) is 13.5 Å². The Balaban J connectivity index is 1.66. The molecule has 1 amide bonds. The van der Waals surface area contributed by atoms with Gasteiger partial charge in [-0.3, -0.25) is 4.79 Å². The van der Waals surface area contributed by atoms with Crippen LogP contribution in [0.2, 0.25) is 0 Å². The van der Waals surface area contributed by atoms with Gasteiger partial charge in [0.15, 0.2) is 0 Å². The monoisotopic (exact) mass is 349 g/mol. The second kappa shape index (κ2) is 7.74. The summed E-state index contributed by atoms with van der Waals surface area (Å²) in [5.74, 6) is -0.659. The fourth-order valence-electron chi connectivity index (χ4n) is 2.95. The zero-order chi connectivity index (χ0) is 17.8. The van der Waals surface area contributed by atoms with Crippen LogP contribution in [0.3, 0.4) is 0 Å². The molecule has 0 saturated carbocycles. The molecule has 0 bridgehead atoms. The lowest BCUT2D eigenvalue weighted by molar-refractivity contribution is -0.116. The SMILES string of the molecule is Cc1cnn(Cc2cc(F)ccc2F)c1NC(=O)CCC1CCCO1. The number of amides is 1. The molecule has 1 saturated heterocycles. The van der Waals surface area contributed by atoms with Gasteiger partial charge in [0.05, 0.1) is 18.8 Å². The van der Waals surface area contributed by atoms with Crippen LogP contribution < -0.4 is 5.32 Å². The molecular formula is C18H21F2N3O2. The molecule has 25 heavy (non-hydrogen) atoms. The molecule has 134 valence electrons. The van der Waals surface area contributed by atoms with Crippen LogP contribution in [0.4, 0.5) is 14.6 Å². The Labute approximate surface area is 145 Å². The molecule has 2 heterocycles. The summed E-state index contributed by atoms with van der Waals surface area (Å²) in [4.78, 5) is 12.2. The molecule has 1 aliphatic heterocycles. The fourth-order valence-corrected chi connectivity index (χ4v) is 2.95. The zero-order valence-corrected chi connectivity index (χ0v) is 14.1. The highest BCUT2D eigenvalue weighted by Crippen LogP contribution is 2.20. The number of ether oxygens (including phenoxy) is 1. The smallest absolute Gasteiger partial charge is 0.225 e. The van der Waals surface area contributed by atoms with Crippen LogP contribution in [0.1, 0.15) is 36.8 Å². The Hall–Kier alpha value is -2.28. The van der Waals surface area contributed by atoms with Gasteiger partial charge >= 0.3 is 0 Å². The number of hydrogen-bond acceptors (Lipinski definition) is 3. The number of carbonyl (C=O) groups is 1. The average Bonchev–Trinajstić information content (AvgIpc) is 3.21. The van der Waals surface area contributed by atoms with Gasteiger partial charge in [-0.2, -0.15) is 5.10 Å². The lowest BCUT2D eigenvalue weighted by atomic mass is 10.1. The van der Waals surface area contributed by atoms with E-state index in [9.17, 15) is 13.6 Å². The second-order valence-corrected chi connectivity index (χ2v) is 6.29. The molecule has 0 radical (unpaired) electrons. The van der Waals surface area contributed by atoms with E-state index in [1.54, 1.807) is 13.1 Å². The van der Waals surface area contributed by atoms with Crippen molar-refractivity contribution in [2.24, 2.45) is 0 Å². The van der Waals surface area contributed by atoms with E-state index in [2.05, 4.69) is 10.4 Å². The van der Waals surface area contributed by atoms with E-state index in [1.165, 1.54) is 4.68 Å². The predicted octanol–water partition coefficient (Wildman–Crippen LogP) is 3.42. The maximum absolute atomic E-state index is 13.8. The first-order valence-corrected chi connectivity index (χ1v) is 8.40. The van der Waals surface area contributed by atoms with E-state index in [0.717, 1.165) is 43.2 Å². The highest BCUT2D eigenvalue weighted by Gasteiger charge is 2.18. The Morgan fingerprint density at radius 1 is 1.44 bits per heavy atom. The summed E-state index contributed by atoms with van der Waals surface area (Å²) >= 11 is 0. The third-order valence-electron chi connectivity index (χ3n) is 4.33. The molecule has 1 aromatic heterocycles. The maximum atomic E-state index is 13.8. The molecule has 0 spiro atoms. The maximum Gasteiger partial charge on any atom is 0.225 e. The van der Waals surface area contributed by atoms with Gasteiger partial charge in [-0.1, -0.05) is 0 Å². The summed E-state index contributed by atoms with van der Waals surface area (Å²) in [5, 5.41) is 6.99. The van der Waals surface area contributed by atoms with Crippen LogP contribution in [0.5, 0.6) is 0 Å². The van der Waals surface area contributed by atoms with Crippen molar-refractivity contribution in [3.05, 3.63) is 47.2 Å². The number of hydrogen-bond donors (Lipinski definition) is 1. The second-order valence-electron chi connectivity index (χ2n) is 6.29. The molecule has 1 aliphatic rings. The van der Waals surface area contributed by atoms with Crippen LogP contribution in [-0.2, 0) is 16.1 Å². The minimum Gasteiger partial charge on any atom is -0.378 e. The van der Waals surface area contributed by atoms with Crippen molar-refractivity contribution >= 4 is 11.7 Å². The molecule has 3 rings (SSSR count). The Kier molecular flexibility index (Phi) is 5.43. The van der Waals surface area contributed by atoms with Gasteiger partial charge < -0.3 is 10.1 Å². The van der Waals surface area contributed by atoms with Crippen LogP contribution in [0.15, 0.2) is 24.4 Å². The number of aryl methyl sites for hydroxylation is 1. The highest BCUT2D eigenvalue weighted by atomic mass is 19.1. The Bertz CT molecular complexity index is 755. The number of benzene rings is 1.